The van der Waals surface area contributed by atoms with E-state index in [4.69, 9.17) is 10.5 Å². The van der Waals surface area contributed by atoms with Crippen molar-refractivity contribution in [1.29, 1.82) is 0 Å². The molecule has 1 heterocycles. The Labute approximate surface area is 54.8 Å². The highest BCUT2D eigenvalue weighted by Gasteiger charge is 2.46. The Morgan fingerprint density at radius 1 is 1.56 bits per heavy atom. The Kier molecular flexibility index (Phi) is 1.31. The maximum Gasteiger partial charge on any atom is 0.0913 e. The van der Waals surface area contributed by atoms with E-state index in [-0.39, 0.29) is 0 Å². The van der Waals surface area contributed by atoms with E-state index in [1.54, 1.807) is 13.8 Å². The van der Waals surface area contributed by atoms with Gasteiger partial charge in [-0.3, -0.25) is 0 Å². The van der Waals surface area contributed by atoms with Gasteiger partial charge in [-0.15, -0.1) is 0 Å². The third-order valence-electron chi connectivity index (χ3n) is 1.94. The van der Waals surface area contributed by atoms with E-state index in [1.165, 1.54) is 0 Å². The lowest BCUT2D eigenvalue weighted by molar-refractivity contribution is -0.149. The molecule has 1 fully saturated rings. The van der Waals surface area contributed by atoms with Crippen LogP contribution in [0.2, 0.25) is 0 Å². The topological polar surface area (TPSA) is 55.5 Å². The van der Waals surface area contributed by atoms with Crippen molar-refractivity contribution in [2.45, 2.75) is 25.0 Å². The molecule has 0 spiro atoms. The number of ether oxygens (including phenoxy) is 1. The van der Waals surface area contributed by atoms with Gasteiger partial charge in [-0.25, -0.2) is 0 Å². The van der Waals surface area contributed by atoms with Crippen LogP contribution in [0.1, 0.15) is 13.8 Å². The molecular weight excluding hydrogens is 118 g/mol. The molecule has 3 nitrogen and oxygen atoms in total. The van der Waals surface area contributed by atoms with Crippen molar-refractivity contribution < 1.29 is 9.84 Å². The highest BCUT2D eigenvalue weighted by molar-refractivity contribution is 5.03. The summed E-state index contributed by atoms with van der Waals surface area (Å²) >= 11 is 0. The van der Waals surface area contributed by atoms with Crippen LogP contribution in [0.4, 0.5) is 0 Å². The van der Waals surface area contributed by atoms with E-state index in [9.17, 15) is 5.11 Å². The van der Waals surface area contributed by atoms with Crippen molar-refractivity contribution in [3.63, 3.8) is 0 Å². The maximum atomic E-state index is 9.39. The van der Waals surface area contributed by atoms with Gasteiger partial charge in [-0.2, -0.15) is 0 Å². The molecule has 0 atom stereocenters. The van der Waals surface area contributed by atoms with Crippen molar-refractivity contribution in [2.75, 3.05) is 13.2 Å². The molecule has 0 aromatic rings. The average molecular weight is 131 g/mol. The lowest BCUT2D eigenvalue weighted by Gasteiger charge is -2.46. The van der Waals surface area contributed by atoms with Crippen LogP contribution in [0.5, 0.6) is 0 Å². The van der Waals surface area contributed by atoms with Crippen LogP contribution in [0.25, 0.3) is 0 Å². The minimum absolute atomic E-state index is 0.469. The van der Waals surface area contributed by atoms with Crippen LogP contribution in [0.15, 0.2) is 0 Å². The zero-order valence-electron chi connectivity index (χ0n) is 5.85. The largest absolute Gasteiger partial charge is 0.388 e. The first-order chi connectivity index (χ1) is 3.96. The zero-order valence-corrected chi connectivity index (χ0v) is 5.85. The van der Waals surface area contributed by atoms with E-state index < -0.39 is 11.1 Å². The first-order valence-electron chi connectivity index (χ1n) is 3.05. The predicted molar refractivity (Wildman–Crippen MR) is 34.0 cm³/mol. The van der Waals surface area contributed by atoms with E-state index in [1.807, 2.05) is 0 Å². The number of aliphatic hydroxyl groups is 1. The molecule has 1 saturated heterocycles. The summed E-state index contributed by atoms with van der Waals surface area (Å²) in [5, 5.41) is 9.39. The molecule has 0 aromatic heterocycles. The number of hydrogen-bond acceptors (Lipinski definition) is 3. The predicted octanol–water partition coefficient (Wildman–Crippen LogP) is -0.515. The molecule has 3 heteroatoms. The lowest BCUT2D eigenvalue weighted by Crippen LogP contribution is -2.69. The maximum absolute atomic E-state index is 9.39. The molecule has 1 aliphatic heterocycles. The summed E-state index contributed by atoms with van der Waals surface area (Å²) < 4.78 is 4.88. The molecule has 0 amide bonds. The summed E-state index contributed by atoms with van der Waals surface area (Å²) in [7, 11) is 0. The fraction of sp³-hybridized carbons (Fsp3) is 1.00. The minimum Gasteiger partial charge on any atom is -0.388 e. The van der Waals surface area contributed by atoms with Crippen molar-refractivity contribution in [3.8, 4) is 0 Å². The molecule has 0 unspecified atom stereocenters. The summed E-state index contributed by atoms with van der Waals surface area (Å²) in [6, 6.07) is 0. The molecule has 0 radical (unpaired) electrons. The van der Waals surface area contributed by atoms with Gasteiger partial charge in [-0.1, -0.05) is 0 Å². The highest BCUT2D eigenvalue weighted by Crippen LogP contribution is 2.26. The summed E-state index contributed by atoms with van der Waals surface area (Å²) in [6.07, 6.45) is 0. The molecule has 54 valence electrons. The molecule has 0 aliphatic carbocycles. The highest BCUT2D eigenvalue weighted by atomic mass is 16.5. The zero-order chi connectivity index (χ0) is 7.12. The van der Waals surface area contributed by atoms with Crippen LogP contribution >= 0.6 is 0 Å². The summed E-state index contributed by atoms with van der Waals surface area (Å²) in [5.74, 6) is 0. The quantitative estimate of drug-likeness (QED) is 0.503. The molecular formula is C6H13NO2. The SMILES string of the molecule is CC(C)(O)C1(N)COC1. The Balaban J connectivity index is 2.59. The van der Waals surface area contributed by atoms with Gasteiger partial charge >= 0.3 is 0 Å². The van der Waals surface area contributed by atoms with Gasteiger partial charge < -0.3 is 15.6 Å². The summed E-state index contributed by atoms with van der Waals surface area (Å²) in [4.78, 5) is 0. The second-order valence-corrected chi connectivity index (χ2v) is 3.21. The van der Waals surface area contributed by atoms with Crippen molar-refractivity contribution in [2.24, 2.45) is 5.73 Å². The Morgan fingerprint density at radius 2 is 2.00 bits per heavy atom. The van der Waals surface area contributed by atoms with Gasteiger partial charge in [0.25, 0.3) is 0 Å². The Morgan fingerprint density at radius 3 is 2.00 bits per heavy atom. The first-order valence-corrected chi connectivity index (χ1v) is 3.05. The van der Waals surface area contributed by atoms with E-state index in [0.717, 1.165) is 0 Å². The summed E-state index contributed by atoms with van der Waals surface area (Å²) in [6.45, 7) is 4.35. The molecule has 0 aromatic carbocycles. The molecule has 0 bridgehead atoms. The third kappa shape index (κ3) is 0.956. The van der Waals surface area contributed by atoms with E-state index in [0.29, 0.717) is 13.2 Å². The van der Waals surface area contributed by atoms with Gasteiger partial charge in [0.05, 0.1) is 24.4 Å². The minimum atomic E-state index is -0.814. The second-order valence-electron chi connectivity index (χ2n) is 3.21. The van der Waals surface area contributed by atoms with Gasteiger partial charge in [0, 0.05) is 0 Å². The van der Waals surface area contributed by atoms with Crippen LogP contribution in [0, 0.1) is 0 Å². The normalized spacial score (nSPS) is 25.3. The molecule has 9 heavy (non-hydrogen) atoms. The van der Waals surface area contributed by atoms with Crippen LogP contribution < -0.4 is 5.73 Å². The van der Waals surface area contributed by atoms with Crippen molar-refractivity contribution >= 4 is 0 Å². The van der Waals surface area contributed by atoms with Gasteiger partial charge in [0.2, 0.25) is 0 Å². The molecule has 1 aliphatic rings. The average Bonchev–Trinajstić information content (AvgIpc) is 1.57. The van der Waals surface area contributed by atoms with Gasteiger partial charge in [0.1, 0.15) is 0 Å². The standard InChI is InChI=1S/C6H13NO2/c1-5(2,8)6(7)3-9-4-6/h8H,3-4,7H2,1-2H3. The van der Waals surface area contributed by atoms with Gasteiger partial charge in [-0.05, 0) is 13.8 Å². The molecule has 0 saturated carbocycles. The van der Waals surface area contributed by atoms with Crippen LogP contribution in [-0.4, -0.2) is 29.5 Å². The number of nitrogens with two attached hydrogens (primary N) is 1. The van der Waals surface area contributed by atoms with Crippen LogP contribution in [0.3, 0.4) is 0 Å². The monoisotopic (exact) mass is 131 g/mol. The Bertz CT molecular complexity index is 113. The lowest BCUT2D eigenvalue weighted by atomic mass is 9.82. The number of hydrogen-bond donors (Lipinski definition) is 2. The smallest absolute Gasteiger partial charge is 0.0913 e. The summed E-state index contributed by atoms with van der Waals surface area (Å²) in [5.41, 5.74) is 4.38. The van der Waals surface area contributed by atoms with Crippen molar-refractivity contribution in [3.05, 3.63) is 0 Å². The third-order valence-corrected chi connectivity index (χ3v) is 1.94. The molecule has 1 rings (SSSR count). The fourth-order valence-electron chi connectivity index (χ4n) is 0.675. The molecule has 3 N–H and O–H groups in total. The first kappa shape index (κ1) is 6.99. The number of rotatable bonds is 1. The van der Waals surface area contributed by atoms with Crippen molar-refractivity contribution in [1.82, 2.24) is 0 Å². The Hall–Kier alpha value is -0.120. The van der Waals surface area contributed by atoms with Gasteiger partial charge in [0.15, 0.2) is 0 Å². The van der Waals surface area contributed by atoms with Crippen LogP contribution in [-0.2, 0) is 4.74 Å². The van der Waals surface area contributed by atoms with E-state index >= 15 is 0 Å². The second kappa shape index (κ2) is 1.68. The van der Waals surface area contributed by atoms with E-state index in [2.05, 4.69) is 0 Å². The fourth-order valence-corrected chi connectivity index (χ4v) is 0.675.